The van der Waals surface area contributed by atoms with E-state index in [1.807, 2.05) is 6.92 Å². The number of hydrogen-bond acceptors (Lipinski definition) is 2. The first-order valence-electron chi connectivity index (χ1n) is 4.71. The van der Waals surface area contributed by atoms with E-state index < -0.39 is 5.82 Å². The van der Waals surface area contributed by atoms with E-state index in [9.17, 15) is 9.18 Å². The predicted molar refractivity (Wildman–Crippen MR) is 56.2 cm³/mol. The van der Waals surface area contributed by atoms with E-state index in [2.05, 4.69) is 5.32 Å². The van der Waals surface area contributed by atoms with Crippen molar-refractivity contribution in [3.8, 4) is 0 Å². The summed E-state index contributed by atoms with van der Waals surface area (Å²) in [5.74, 6) is -0.501. The van der Waals surface area contributed by atoms with Crippen molar-refractivity contribution in [1.29, 1.82) is 0 Å². The molecule has 0 radical (unpaired) electrons. The smallest absolute Gasteiger partial charge is 0.322 e. The van der Waals surface area contributed by atoms with Gasteiger partial charge in [-0.2, -0.15) is 0 Å². The van der Waals surface area contributed by atoms with Gasteiger partial charge in [-0.3, -0.25) is 4.90 Å². The Balaban J connectivity index is 2.36. The number of carbonyl (C=O) groups excluding carboxylic acids is 1. The van der Waals surface area contributed by atoms with Gasteiger partial charge in [0.25, 0.3) is 0 Å². The molecule has 1 aliphatic heterocycles. The highest BCUT2D eigenvalue weighted by Crippen LogP contribution is 2.23. The molecule has 1 aromatic carbocycles. The number of nitrogens with two attached hydrogens (primary N) is 1. The van der Waals surface area contributed by atoms with Crippen LogP contribution in [0.25, 0.3) is 0 Å². The lowest BCUT2D eigenvalue weighted by Crippen LogP contribution is -2.32. The quantitative estimate of drug-likeness (QED) is 0.685. The molecule has 1 atom stereocenters. The molecule has 0 aromatic heterocycles. The van der Waals surface area contributed by atoms with Gasteiger partial charge in [0.05, 0.1) is 11.7 Å². The molecule has 5 heteroatoms. The maximum atomic E-state index is 13.2. The number of nitrogen functional groups attached to an aromatic ring is 1. The minimum atomic E-state index is -0.501. The van der Waals surface area contributed by atoms with Gasteiger partial charge in [-0.05, 0) is 25.1 Å². The SMILES string of the molecule is CC1CNC(=O)N1c1ccc(N)c(F)c1. The molecule has 0 saturated carbocycles. The zero-order valence-corrected chi connectivity index (χ0v) is 8.33. The van der Waals surface area contributed by atoms with Crippen LogP contribution in [0.15, 0.2) is 18.2 Å². The van der Waals surface area contributed by atoms with Crippen molar-refractivity contribution in [3.05, 3.63) is 24.0 Å². The molecule has 80 valence electrons. The van der Waals surface area contributed by atoms with Crippen molar-refractivity contribution < 1.29 is 9.18 Å². The Labute approximate surface area is 86.9 Å². The number of nitrogens with zero attached hydrogens (tertiary/aromatic N) is 1. The second-order valence-electron chi connectivity index (χ2n) is 3.61. The summed E-state index contributed by atoms with van der Waals surface area (Å²) in [4.78, 5) is 13.0. The molecule has 0 spiro atoms. The van der Waals surface area contributed by atoms with Crippen LogP contribution < -0.4 is 16.0 Å². The number of hydrogen-bond donors (Lipinski definition) is 2. The molecular weight excluding hydrogens is 197 g/mol. The number of nitrogens with one attached hydrogen (secondary N) is 1. The molecule has 1 saturated heterocycles. The summed E-state index contributed by atoms with van der Waals surface area (Å²) in [7, 11) is 0. The van der Waals surface area contributed by atoms with Crippen LogP contribution in [0.3, 0.4) is 0 Å². The normalized spacial score (nSPS) is 20.5. The Morgan fingerprint density at radius 1 is 1.60 bits per heavy atom. The minimum Gasteiger partial charge on any atom is -0.396 e. The summed E-state index contributed by atoms with van der Waals surface area (Å²) in [5, 5.41) is 2.69. The molecule has 1 aliphatic rings. The molecule has 0 bridgehead atoms. The molecule has 1 fully saturated rings. The summed E-state index contributed by atoms with van der Waals surface area (Å²) in [6, 6.07) is 4.20. The second-order valence-corrected chi connectivity index (χ2v) is 3.61. The highest BCUT2D eigenvalue weighted by atomic mass is 19.1. The fraction of sp³-hybridized carbons (Fsp3) is 0.300. The van der Waals surface area contributed by atoms with Crippen molar-refractivity contribution in [1.82, 2.24) is 5.32 Å². The average Bonchev–Trinajstić information content (AvgIpc) is 2.52. The topological polar surface area (TPSA) is 58.4 Å². The van der Waals surface area contributed by atoms with E-state index in [4.69, 9.17) is 5.73 Å². The van der Waals surface area contributed by atoms with Crippen molar-refractivity contribution in [2.45, 2.75) is 13.0 Å². The summed E-state index contributed by atoms with van der Waals surface area (Å²) in [5.41, 5.74) is 5.98. The number of urea groups is 1. The molecule has 1 aromatic rings. The second kappa shape index (κ2) is 3.42. The van der Waals surface area contributed by atoms with Gasteiger partial charge in [-0.15, -0.1) is 0 Å². The molecule has 1 heterocycles. The van der Waals surface area contributed by atoms with E-state index in [1.165, 1.54) is 17.0 Å². The summed E-state index contributed by atoms with van der Waals surface area (Å²) < 4.78 is 13.2. The summed E-state index contributed by atoms with van der Waals surface area (Å²) in [6.45, 7) is 2.47. The van der Waals surface area contributed by atoms with Gasteiger partial charge in [0.2, 0.25) is 0 Å². The van der Waals surface area contributed by atoms with E-state index in [1.54, 1.807) is 6.07 Å². The zero-order chi connectivity index (χ0) is 11.0. The first-order chi connectivity index (χ1) is 7.09. The van der Waals surface area contributed by atoms with Crippen LogP contribution in [-0.4, -0.2) is 18.6 Å². The van der Waals surface area contributed by atoms with Crippen LogP contribution in [0.5, 0.6) is 0 Å². The van der Waals surface area contributed by atoms with Gasteiger partial charge < -0.3 is 11.1 Å². The zero-order valence-electron chi connectivity index (χ0n) is 8.33. The molecule has 2 rings (SSSR count). The Morgan fingerprint density at radius 3 is 2.87 bits per heavy atom. The Kier molecular flexibility index (Phi) is 2.22. The molecule has 3 N–H and O–H groups in total. The summed E-state index contributed by atoms with van der Waals surface area (Å²) >= 11 is 0. The Bertz CT molecular complexity index is 408. The Morgan fingerprint density at radius 2 is 2.33 bits per heavy atom. The van der Waals surface area contributed by atoms with Crippen LogP contribution in [0.4, 0.5) is 20.6 Å². The van der Waals surface area contributed by atoms with Crippen LogP contribution in [0.2, 0.25) is 0 Å². The third kappa shape index (κ3) is 1.60. The molecule has 1 unspecified atom stereocenters. The molecule has 4 nitrogen and oxygen atoms in total. The van der Waals surface area contributed by atoms with Gasteiger partial charge in [0, 0.05) is 12.2 Å². The van der Waals surface area contributed by atoms with Crippen LogP contribution in [0.1, 0.15) is 6.92 Å². The van der Waals surface area contributed by atoms with Gasteiger partial charge in [0.15, 0.2) is 0 Å². The molecule has 0 aliphatic carbocycles. The first kappa shape index (κ1) is 9.76. The van der Waals surface area contributed by atoms with Crippen molar-refractivity contribution in [3.63, 3.8) is 0 Å². The lowest BCUT2D eigenvalue weighted by Gasteiger charge is -2.19. The van der Waals surface area contributed by atoms with Gasteiger partial charge in [0.1, 0.15) is 5.82 Å². The van der Waals surface area contributed by atoms with Gasteiger partial charge in [-0.1, -0.05) is 0 Å². The number of amides is 2. The first-order valence-corrected chi connectivity index (χ1v) is 4.71. The van der Waals surface area contributed by atoms with Crippen molar-refractivity contribution in [2.24, 2.45) is 0 Å². The van der Waals surface area contributed by atoms with Gasteiger partial charge >= 0.3 is 6.03 Å². The van der Waals surface area contributed by atoms with E-state index in [-0.39, 0.29) is 17.8 Å². The number of anilines is 2. The predicted octanol–water partition coefficient (Wildman–Crippen LogP) is 1.33. The monoisotopic (exact) mass is 209 g/mol. The van der Waals surface area contributed by atoms with E-state index in [0.29, 0.717) is 12.2 Å². The number of halogens is 1. The fourth-order valence-electron chi connectivity index (χ4n) is 1.65. The molecule has 2 amide bonds. The fourth-order valence-corrected chi connectivity index (χ4v) is 1.65. The maximum Gasteiger partial charge on any atom is 0.322 e. The number of carbonyl (C=O) groups is 1. The maximum absolute atomic E-state index is 13.2. The minimum absolute atomic E-state index is 0.0283. The van der Waals surface area contributed by atoms with Crippen molar-refractivity contribution in [2.75, 3.05) is 17.2 Å². The van der Waals surface area contributed by atoms with Crippen LogP contribution >= 0.6 is 0 Å². The lowest BCUT2D eigenvalue weighted by atomic mass is 10.2. The third-order valence-electron chi connectivity index (χ3n) is 2.47. The highest BCUT2D eigenvalue weighted by molar-refractivity contribution is 5.95. The third-order valence-corrected chi connectivity index (χ3v) is 2.47. The Hall–Kier alpha value is -1.78. The van der Waals surface area contributed by atoms with E-state index in [0.717, 1.165) is 0 Å². The number of rotatable bonds is 1. The van der Waals surface area contributed by atoms with Crippen LogP contribution in [0, 0.1) is 5.82 Å². The molecular formula is C10H12FN3O. The standard InChI is InChI=1S/C10H12FN3O/c1-6-5-13-10(15)14(6)7-2-3-9(12)8(11)4-7/h2-4,6H,5,12H2,1H3,(H,13,15). The van der Waals surface area contributed by atoms with E-state index >= 15 is 0 Å². The van der Waals surface area contributed by atoms with Crippen molar-refractivity contribution >= 4 is 17.4 Å². The number of benzene rings is 1. The highest BCUT2D eigenvalue weighted by Gasteiger charge is 2.28. The van der Waals surface area contributed by atoms with Crippen LogP contribution in [-0.2, 0) is 0 Å². The summed E-state index contributed by atoms with van der Waals surface area (Å²) in [6.07, 6.45) is 0. The average molecular weight is 209 g/mol. The van der Waals surface area contributed by atoms with Gasteiger partial charge in [-0.25, -0.2) is 9.18 Å². The largest absolute Gasteiger partial charge is 0.396 e. The lowest BCUT2D eigenvalue weighted by molar-refractivity contribution is 0.252. The molecule has 15 heavy (non-hydrogen) atoms.